The number of carbonyl (C=O) groups is 6. The molecule has 284 valence electrons. The lowest BCUT2D eigenvalue weighted by atomic mass is 9.87. The molecule has 0 aliphatic heterocycles. The smallest absolute Gasteiger partial charge is 0.228 e. The van der Waals surface area contributed by atoms with Gasteiger partial charge in [-0.3, -0.25) is 33.0 Å². The number of hydrogen-bond acceptors (Lipinski definition) is 8. The van der Waals surface area contributed by atoms with E-state index in [1.165, 1.54) is 40.0 Å². The number of nitrogens with two attached hydrogens (primary N) is 1. The molecule has 54 heavy (non-hydrogen) atoms. The van der Waals surface area contributed by atoms with Crippen LogP contribution in [0.4, 0.5) is 5.69 Å². The molecular weight excluding hydrogens is 699 g/mol. The van der Waals surface area contributed by atoms with Gasteiger partial charge in [0.25, 0.3) is 0 Å². The lowest BCUT2D eigenvalue weighted by Gasteiger charge is -2.17. The molecule has 0 heterocycles. The summed E-state index contributed by atoms with van der Waals surface area (Å²) in [5.41, 5.74) is 7.82. The van der Waals surface area contributed by atoms with Crippen LogP contribution < -0.4 is 5.73 Å². The van der Waals surface area contributed by atoms with Crippen LogP contribution in [0.3, 0.4) is 0 Å². The molecule has 5 aromatic carbocycles. The maximum absolute atomic E-state index is 12.0. The molecule has 6 rings (SSSR count). The lowest BCUT2D eigenvalue weighted by molar-refractivity contribution is -0.134. The van der Waals surface area contributed by atoms with E-state index in [2.05, 4.69) is 5.87 Å². The van der Waals surface area contributed by atoms with Crippen molar-refractivity contribution in [3.05, 3.63) is 120 Å². The maximum atomic E-state index is 12.0. The predicted octanol–water partition coefficient (Wildman–Crippen LogP) is 8.95. The zero-order chi connectivity index (χ0) is 40.4. The Morgan fingerprint density at radius 1 is 0.593 bits per heavy atom. The van der Waals surface area contributed by atoms with E-state index in [0.29, 0.717) is 23.0 Å². The molecule has 1 unspecified atom stereocenters. The molecule has 1 atom stereocenters. The molecule has 2 N–H and O–H groups in total. The zero-order valence-corrected chi connectivity index (χ0v) is 32.9. The molecule has 9 heteroatoms. The van der Waals surface area contributed by atoms with Crippen molar-refractivity contribution in [1.82, 2.24) is 0 Å². The van der Waals surface area contributed by atoms with Crippen molar-refractivity contribution in [3.63, 3.8) is 0 Å². The molecule has 1 aliphatic carbocycles. The first-order valence-corrected chi connectivity index (χ1v) is 19.8. The molecule has 8 nitrogen and oxygen atoms in total. The fourth-order valence-electron chi connectivity index (χ4n) is 5.52. The van der Waals surface area contributed by atoms with Crippen molar-refractivity contribution in [2.75, 3.05) is 12.0 Å². The van der Waals surface area contributed by atoms with Gasteiger partial charge >= 0.3 is 0 Å². The molecule has 0 spiro atoms. The third-order valence-electron chi connectivity index (χ3n) is 8.58. The van der Waals surface area contributed by atoms with Crippen LogP contribution in [0.5, 0.6) is 0 Å². The number of ketones is 6. The summed E-state index contributed by atoms with van der Waals surface area (Å²) in [5, 5.41) is 4.03. The van der Waals surface area contributed by atoms with Gasteiger partial charge in [0.2, 0.25) is 5.78 Å². The molecule has 1 saturated carbocycles. The van der Waals surface area contributed by atoms with E-state index in [1.807, 2.05) is 78.9 Å². The van der Waals surface area contributed by atoms with Gasteiger partial charge < -0.3 is 5.73 Å². The zero-order valence-electron chi connectivity index (χ0n) is 32.1. The Morgan fingerprint density at radius 3 is 1.61 bits per heavy atom. The van der Waals surface area contributed by atoms with Crippen LogP contribution in [-0.4, -0.2) is 51.0 Å². The minimum Gasteiger partial charge on any atom is -0.398 e. The minimum atomic E-state index is -2.20. The van der Waals surface area contributed by atoms with Crippen LogP contribution in [-0.2, 0) is 28.7 Å². The van der Waals surface area contributed by atoms with Crippen LogP contribution in [0, 0.1) is 5.92 Å². The van der Waals surface area contributed by atoms with Crippen LogP contribution >= 0.6 is 0 Å². The maximum Gasteiger partial charge on any atom is 0.228 e. The molecule has 5 aromatic rings. The van der Waals surface area contributed by atoms with Crippen molar-refractivity contribution >= 4 is 77.3 Å². The fraction of sp³-hybridized carbons (Fsp3) is 0.267. The number of anilines is 1. The second kappa shape index (κ2) is 21.9. The lowest BCUT2D eigenvalue weighted by Crippen LogP contribution is -2.13. The highest BCUT2D eigenvalue weighted by Crippen LogP contribution is 2.27. The molecule has 0 bridgehead atoms. The van der Waals surface area contributed by atoms with Crippen LogP contribution in [0.1, 0.15) is 87.4 Å². The number of benzene rings is 5. The van der Waals surface area contributed by atoms with Crippen LogP contribution in [0.2, 0.25) is 0 Å². The van der Waals surface area contributed by atoms with Crippen molar-refractivity contribution < 1.29 is 33.0 Å². The number of nitrogen functional groups attached to an aromatic ring is 1. The van der Waals surface area contributed by atoms with E-state index in [4.69, 9.17) is 5.73 Å². The molecule has 0 radical (unpaired) electrons. The second-order valence-corrected chi connectivity index (χ2v) is 15.5. The monoisotopic (exact) mass is 749 g/mol. The van der Waals surface area contributed by atoms with E-state index in [-0.39, 0.29) is 17.3 Å². The summed E-state index contributed by atoms with van der Waals surface area (Å²) in [6, 6.07) is 33.5. The normalized spacial score (nSPS) is 13.0. The average molecular weight is 750 g/mol. The standard InChI is InChI=1S/C12H13NOS.C12H10O.C9H8O2.C8H14O.C4H6O2/c1-15(2,14)12-8-4-5-9-10(12)6-3-7-11(9)13;1-9(13)11-8-4-6-10-5-2-3-7-12(10)11;1-7(10)9(11)8-5-3-2-4-6-8;1-7(9)8-5-3-2-4-6-8;1-3(5)4(2)6/h3-8H,1,13H2,2H3;2-8H,1H3;2-6H,1H3;8H,2-6H2,1H3;1-2H3. The average Bonchev–Trinajstić information content (AvgIpc) is 3.15. The SMILES string of the molecule is C=S(C)(=O)c1cccc2c(N)cccc12.CC(=O)C(=O)c1ccccc1.CC(=O)C(C)=O.CC(=O)C1CCCCC1.CC(=O)c1cccc2ccccc12. The summed E-state index contributed by atoms with van der Waals surface area (Å²) >= 11 is 0. The second-order valence-electron chi connectivity index (χ2n) is 13.1. The van der Waals surface area contributed by atoms with E-state index >= 15 is 0 Å². The van der Waals surface area contributed by atoms with Gasteiger partial charge in [0.05, 0.1) is 0 Å². The first kappa shape index (κ1) is 44.6. The third kappa shape index (κ3) is 14.5. The fourth-order valence-corrected chi connectivity index (χ4v) is 6.53. The third-order valence-corrected chi connectivity index (χ3v) is 9.87. The van der Waals surface area contributed by atoms with E-state index < -0.39 is 21.1 Å². The van der Waals surface area contributed by atoms with E-state index in [0.717, 1.165) is 44.8 Å². The van der Waals surface area contributed by atoms with Crippen molar-refractivity contribution in [2.45, 2.75) is 71.6 Å². The Morgan fingerprint density at radius 2 is 1.09 bits per heavy atom. The highest BCUT2D eigenvalue weighted by Gasteiger charge is 2.16. The van der Waals surface area contributed by atoms with Crippen molar-refractivity contribution in [1.29, 1.82) is 0 Å². The van der Waals surface area contributed by atoms with Crippen molar-refractivity contribution in [2.24, 2.45) is 5.92 Å². The Kier molecular flexibility index (Phi) is 18.1. The van der Waals surface area contributed by atoms with Gasteiger partial charge in [-0.25, -0.2) is 0 Å². The Balaban J connectivity index is 0.000000240. The molecule has 1 aliphatic rings. The van der Waals surface area contributed by atoms with Gasteiger partial charge in [-0.15, -0.1) is 0 Å². The highest BCUT2D eigenvalue weighted by atomic mass is 32.2. The molecule has 0 aromatic heterocycles. The minimum absolute atomic E-state index is 0.122. The number of carbonyl (C=O) groups excluding carboxylic acids is 6. The van der Waals surface area contributed by atoms with Crippen LogP contribution in [0.15, 0.2) is 114 Å². The summed E-state index contributed by atoms with van der Waals surface area (Å²) in [6.45, 7) is 7.10. The Labute approximate surface area is 319 Å². The number of fused-ring (bicyclic) bond motifs is 2. The highest BCUT2D eigenvalue weighted by molar-refractivity contribution is 7.99. The molecule has 0 saturated heterocycles. The summed E-state index contributed by atoms with van der Waals surface area (Å²) < 4.78 is 12.0. The Bertz CT molecular complexity index is 2180. The summed E-state index contributed by atoms with van der Waals surface area (Å²) in [4.78, 5) is 64.0. The first-order valence-electron chi connectivity index (χ1n) is 17.7. The molecule has 1 fully saturated rings. The van der Waals surface area contributed by atoms with E-state index in [1.54, 1.807) is 50.4 Å². The molecular formula is C45H51NO7S. The quantitative estimate of drug-likeness (QED) is 0.0784. The number of hydrogen-bond donors (Lipinski definition) is 1. The first-order chi connectivity index (χ1) is 25.4. The Hall–Kier alpha value is -5.54. The van der Waals surface area contributed by atoms with Gasteiger partial charge in [0, 0.05) is 60.0 Å². The summed E-state index contributed by atoms with van der Waals surface area (Å²) in [6.07, 6.45) is 7.81. The van der Waals surface area contributed by atoms with Crippen molar-refractivity contribution in [3.8, 4) is 0 Å². The summed E-state index contributed by atoms with van der Waals surface area (Å²) in [7, 11) is -2.20. The summed E-state index contributed by atoms with van der Waals surface area (Å²) in [5.74, 6) is 3.04. The predicted molar refractivity (Wildman–Crippen MR) is 222 cm³/mol. The van der Waals surface area contributed by atoms with E-state index in [9.17, 15) is 33.0 Å². The largest absolute Gasteiger partial charge is 0.398 e. The van der Waals surface area contributed by atoms with Gasteiger partial charge in [-0.2, -0.15) is 0 Å². The van der Waals surface area contributed by atoms with Gasteiger partial charge in [-0.1, -0.05) is 116 Å². The van der Waals surface area contributed by atoms with Gasteiger partial charge in [-0.05, 0) is 70.4 Å². The molecule has 0 amide bonds. The van der Waals surface area contributed by atoms with Gasteiger partial charge in [0.15, 0.2) is 23.1 Å². The van der Waals surface area contributed by atoms with Gasteiger partial charge in [0.1, 0.15) is 5.78 Å². The van der Waals surface area contributed by atoms with Crippen LogP contribution in [0.25, 0.3) is 21.5 Å². The topological polar surface area (TPSA) is 146 Å². The number of Topliss-reactive ketones (excluding diaryl/α,β-unsaturated/α-hetero) is 6. The number of rotatable bonds is 6.